The van der Waals surface area contributed by atoms with Gasteiger partial charge in [-0.05, 0) is 33.6 Å². The lowest BCUT2D eigenvalue weighted by Gasteiger charge is -2.18. The first-order valence-electron chi connectivity index (χ1n) is 6.52. The lowest BCUT2D eigenvalue weighted by molar-refractivity contribution is -0.122. The maximum Gasteiger partial charge on any atom is 0.220 e. The zero-order chi connectivity index (χ0) is 13.3. The second kappa shape index (κ2) is 8.48. The molecule has 0 aromatic carbocycles. The minimum Gasteiger partial charge on any atom is -0.377 e. The molecular formula is C13H28N2O2. The molecule has 0 rings (SSSR count). The summed E-state index contributed by atoms with van der Waals surface area (Å²) in [6.07, 6.45) is 3.45. The fourth-order valence-corrected chi connectivity index (χ4v) is 1.27. The molecule has 0 aromatic rings. The van der Waals surface area contributed by atoms with E-state index in [1.807, 2.05) is 20.8 Å². The minimum absolute atomic E-state index is 0.0504. The molecule has 0 spiro atoms. The van der Waals surface area contributed by atoms with E-state index in [1.54, 1.807) is 0 Å². The molecule has 4 heteroatoms. The highest BCUT2D eigenvalue weighted by molar-refractivity contribution is 5.75. The van der Waals surface area contributed by atoms with Gasteiger partial charge in [-0.2, -0.15) is 0 Å². The van der Waals surface area contributed by atoms with Gasteiger partial charge in [0.05, 0.1) is 6.10 Å². The van der Waals surface area contributed by atoms with Gasteiger partial charge in [-0.1, -0.05) is 13.3 Å². The van der Waals surface area contributed by atoms with Crippen molar-refractivity contribution in [2.75, 3.05) is 13.2 Å². The fourth-order valence-electron chi connectivity index (χ4n) is 1.27. The molecule has 0 aliphatic carbocycles. The van der Waals surface area contributed by atoms with Crippen LogP contribution in [0.2, 0.25) is 0 Å². The van der Waals surface area contributed by atoms with Crippen LogP contribution in [0.3, 0.4) is 0 Å². The smallest absolute Gasteiger partial charge is 0.220 e. The summed E-state index contributed by atoms with van der Waals surface area (Å²) in [5, 5.41) is 2.86. The Morgan fingerprint density at radius 1 is 1.47 bits per heavy atom. The number of rotatable bonds is 9. The molecule has 17 heavy (non-hydrogen) atoms. The second-order valence-electron chi connectivity index (χ2n) is 5.33. The van der Waals surface area contributed by atoms with Gasteiger partial charge in [0.15, 0.2) is 0 Å². The van der Waals surface area contributed by atoms with Crippen molar-refractivity contribution in [2.24, 2.45) is 5.73 Å². The summed E-state index contributed by atoms with van der Waals surface area (Å²) < 4.78 is 5.54. The van der Waals surface area contributed by atoms with Gasteiger partial charge in [-0.25, -0.2) is 0 Å². The average molecular weight is 244 g/mol. The van der Waals surface area contributed by atoms with Crippen LogP contribution in [0, 0.1) is 0 Å². The van der Waals surface area contributed by atoms with Gasteiger partial charge in [-0.15, -0.1) is 0 Å². The lowest BCUT2D eigenvalue weighted by Crippen LogP contribution is -2.36. The quantitative estimate of drug-likeness (QED) is 0.608. The molecule has 1 unspecified atom stereocenters. The molecule has 1 amide bonds. The van der Waals surface area contributed by atoms with Gasteiger partial charge < -0.3 is 15.8 Å². The summed E-state index contributed by atoms with van der Waals surface area (Å²) in [6.45, 7) is 9.30. The van der Waals surface area contributed by atoms with Crippen LogP contribution in [0.25, 0.3) is 0 Å². The Labute approximate surface area is 105 Å². The van der Waals surface area contributed by atoms with Crippen LogP contribution in [0.5, 0.6) is 0 Å². The topological polar surface area (TPSA) is 64.3 Å². The number of carbonyl (C=O) groups excluding carboxylic acids is 1. The molecule has 0 heterocycles. The highest BCUT2D eigenvalue weighted by atomic mass is 16.5. The second-order valence-corrected chi connectivity index (χ2v) is 5.33. The Balaban J connectivity index is 3.55. The van der Waals surface area contributed by atoms with E-state index in [4.69, 9.17) is 10.5 Å². The van der Waals surface area contributed by atoms with E-state index < -0.39 is 0 Å². The molecule has 0 aliphatic rings. The van der Waals surface area contributed by atoms with Gasteiger partial charge in [0.1, 0.15) is 0 Å². The molecule has 0 saturated carbocycles. The Kier molecular flexibility index (Phi) is 8.17. The normalized spacial score (nSPS) is 13.5. The summed E-state index contributed by atoms with van der Waals surface area (Å²) in [5.41, 5.74) is 5.54. The van der Waals surface area contributed by atoms with Gasteiger partial charge >= 0.3 is 0 Å². The maximum atomic E-state index is 11.5. The van der Waals surface area contributed by atoms with E-state index in [0.717, 1.165) is 19.4 Å². The first-order valence-corrected chi connectivity index (χ1v) is 6.52. The summed E-state index contributed by atoms with van der Waals surface area (Å²) in [6, 6.07) is 0. The molecule has 3 N–H and O–H groups in total. The molecule has 0 fully saturated rings. The van der Waals surface area contributed by atoms with Crippen molar-refractivity contribution in [3.8, 4) is 0 Å². The van der Waals surface area contributed by atoms with Crippen molar-refractivity contribution in [3.05, 3.63) is 0 Å². The van der Waals surface area contributed by atoms with E-state index in [9.17, 15) is 4.79 Å². The maximum absolute atomic E-state index is 11.5. The SMILES string of the molecule is CCCCOC(C)CNC(=O)CCC(C)(C)N. The monoisotopic (exact) mass is 244 g/mol. The largest absolute Gasteiger partial charge is 0.377 e. The Morgan fingerprint density at radius 3 is 2.65 bits per heavy atom. The third-order valence-electron chi connectivity index (χ3n) is 2.48. The number of nitrogens with one attached hydrogen (secondary N) is 1. The number of carbonyl (C=O) groups is 1. The Morgan fingerprint density at radius 2 is 2.12 bits per heavy atom. The van der Waals surface area contributed by atoms with Crippen LogP contribution in [-0.4, -0.2) is 30.7 Å². The standard InChI is InChI=1S/C13H28N2O2/c1-5-6-9-17-11(2)10-15-12(16)7-8-13(3,4)14/h11H,5-10,14H2,1-4H3,(H,15,16). The van der Waals surface area contributed by atoms with Crippen LogP contribution < -0.4 is 11.1 Å². The van der Waals surface area contributed by atoms with Gasteiger partial charge in [0.2, 0.25) is 5.91 Å². The summed E-state index contributed by atoms with van der Waals surface area (Å²) in [5.74, 6) is 0.0504. The molecule has 102 valence electrons. The van der Waals surface area contributed by atoms with Crippen molar-refractivity contribution in [2.45, 2.75) is 65.0 Å². The van der Waals surface area contributed by atoms with Crippen LogP contribution in [0.1, 0.15) is 53.4 Å². The third kappa shape index (κ3) is 11.6. The van der Waals surface area contributed by atoms with Crippen molar-refractivity contribution in [1.82, 2.24) is 5.32 Å². The summed E-state index contributed by atoms with van der Waals surface area (Å²) in [4.78, 5) is 11.5. The Bertz CT molecular complexity index is 212. The number of amides is 1. The fraction of sp³-hybridized carbons (Fsp3) is 0.923. The van der Waals surface area contributed by atoms with Crippen molar-refractivity contribution in [3.63, 3.8) is 0 Å². The molecule has 0 bridgehead atoms. The molecule has 0 radical (unpaired) electrons. The minimum atomic E-state index is -0.277. The van der Waals surface area contributed by atoms with Crippen LogP contribution >= 0.6 is 0 Å². The van der Waals surface area contributed by atoms with E-state index in [-0.39, 0.29) is 17.6 Å². The van der Waals surface area contributed by atoms with Gasteiger partial charge in [0.25, 0.3) is 0 Å². The van der Waals surface area contributed by atoms with Crippen LogP contribution in [-0.2, 0) is 9.53 Å². The number of ether oxygens (including phenoxy) is 1. The number of hydrogen-bond acceptors (Lipinski definition) is 3. The molecule has 0 aliphatic heterocycles. The molecule has 1 atom stereocenters. The summed E-state index contributed by atoms with van der Waals surface area (Å²) >= 11 is 0. The number of nitrogens with two attached hydrogens (primary N) is 1. The first kappa shape index (κ1) is 16.4. The molecule has 0 saturated heterocycles. The van der Waals surface area contributed by atoms with E-state index >= 15 is 0 Å². The predicted octanol–water partition coefficient (Wildman–Crippen LogP) is 1.83. The van der Waals surface area contributed by atoms with Crippen molar-refractivity contribution in [1.29, 1.82) is 0 Å². The zero-order valence-electron chi connectivity index (χ0n) is 11.7. The highest BCUT2D eigenvalue weighted by Gasteiger charge is 2.13. The average Bonchev–Trinajstić information content (AvgIpc) is 2.23. The summed E-state index contributed by atoms with van der Waals surface area (Å²) in [7, 11) is 0. The van der Waals surface area contributed by atoms with E-state index in [2.05, 4.69) is 12.2 Å². The van der Waals surface area contributed by atoms with E-state index in [0.29, 0.717) is 19.4 Å². The molecular weight excluding hydrogens is 216 g/mol. The van der Waals surface area contributed by atoms with Crippen molar-refractivity contribution >= 4 is 5.91 Å². The van der Waals surface area contributed by atoms with Crippen LogP contribution in [0.15, 0.2) is 0 Å². The first-order chi connectivity index (χ1) is 7.85. The van der Waals surface area contributed by atoms with Gasteiger partial charge in [0, 0.05) is 25.1 Å². The number of hydrogen-bond donors (Lipinski definition) is 2. The Hall–Kier alpha value is -0.610. The zero-order valence-corrected chi connectivity index (χ0v) is 11.7. The predicted molar refractivity (Wildman–Crippen MR) is 70.8 cm³/mol. The number of unbranched alkanes of at least 4 members (excludes halogenated alkanes) is 1. The van der Waals surface area contributed by atoms with Crippen molar-refractivity contribution < 1.29 is 9.53 Å². The highest BCUT2D eigenvalue weighted by Crippen LogP contribution is 2.06. The van der Waals surface area contributed by atoms with Gasteiger partial charge in [-0.3, -0.25) is 4.79 Å². The van der Waals surface area contributed by atoms with Crippen LogP contribution in [0.4, 0.5) is 0 Å². The molecule has 4 nitrogen and oxygen atoms in total. The lowest BCUT2D eigenvalue weighted by atomic mass is 10.00. The third-order valence-corrected chi connectivity index (χ3v) is 2.48. The van der Waals surface area contributed by atoms with E-state index in [1.165, 1.54) is 0 Å². The molecule has 0 aromatic heterocycles.